The molecule has 1 unspecified atom stereocenters. The van der Waals surface area contributed by atoms with Gasteiger partial charge in [-0.05, 0) is 45.0 Å². The third kappa shape index (κ3) is 3.07. The lowest BCUT2D eigenvalue weighted by molar-refractivity contribution is 0.258. The summed E-state index contributed by atoms with van der Waals surface area (Å²) in [5, 5.41) is 3.65. The van der Waals surface area contributed by atoms with Gasteiger partial charge in [0.1, 0.15) is 17.2 Å². The molecular weight excluding hydrogens is 236 g/mol. The van der Waals surface area contributed by atoms with Crippen LogP contribution in [0.2, 0.25) is 0 Å². The number of benzene rings is 1. The summed E-state index contributed by atoms with van der Waals surface area (Å²) in [4.78, 5) is 0. The monoisotopic (exact) mass is 253 g/mol. The average Bonchev–Trinajstić information content (AvgIpc) is 2.67. The number of rotatable bonds is 3. The van der Waals surface area contributed by atoms with Crippen LogP contribution < -0.4 is 5.32 Å². The van der Waals surface area contributed by atoms with Crippen molar-refractivity contribution >= 4 is 11.0 Å². The Morgan fingerprint density at radius 2 is 2.00 bits per heavy atom. The van der Waals surface area contributed by atoms with Crippen molar-refractivity contribution < 1.29 is 13.2 Å². The van der Waals surface area contributed by atoms with Gasteiger partial charge in [-0.25, -0.2) is 8.78 Å². The van der Waals surface area contributed by atoms with E-state index in [2.05, 4.69) is 5.32 Å². The molecule has 0 aliphatic carbocycles. The van der Waals surface area contributed by atoms with Gasteiger partial charge in [0.15, 0.2) is 6.17 Å². The maximum absolute atomic E-state index is 14.0. The molecule has 1 atom stereocenters. The number of fused-ring (bicyclic) bond motifs is 1. The second-order valence-corrected chi connectivity index (χ2v) is 5.43. The largest absolute Gasteiger partial charge is 0.458 e. The van der Waals surface area contributed by atoms with Crippen molar-refractivity contribution in [2.24, 2.45) is 0 Å². The number of halogens is 2. The number of hydrogen-bond donors (Lipinski definition) is 1. The van der Waals surface area contributed by atoms with Crippen LogP contribution in [0.1, 0.15) is 32.7 Å². The quantitative estimate of drug-likeness (QED) is 0.895. The molecule has 1 aromatic heterocycles. The molecule has 0 fully saturated rings. The molecule has 0 saturated heterocycles. The van der Waals surface area contributed by atoms with Gasteiger partial charge in [-0.15, -0.1) is 0 Å². The summed E-state index contributed by atoms with van der Waals surface area (Å²) in [6, 6.07) is 5.70. The summed E-state index contributed by atoms with van der Waals surface area (Å²) in [6.07, 6.45) is -1.24. The average molecular weight is 253 g/mol. The molecule has 0 amide bonds. The van der Waals surface area contributed by atoms with Crippen LogP contribution >= 0.6 is 0 Å². The van der Waals surface area contributed by atoms with Crippen LogP contribution in [-0.4, -0.2) is 12.1 Å². The molecule has 18 heavy (non-hydrogen) atoms. The van der Waals surface area contributed by atoms with Crippen molar-refractivity contribution in [1.82, 2.24) is 5.32 Å². The summed E-state index contributed by atoms with van der Waals surface area (Å²) >= 11 is 0. The minimum Gasteiger partial charge on any atom is -0.458 e. The Morgan fingerprint density at radius 1 is 1.28 bits per heavy atom. The fraction of sp³-hybridized carbons (Fsp3) is 0.429. The summed E-state index contributed by atoms with van der Waals surface area (Å²) in [5.74, 6) is -0.120. The highest BCUT2D eigenvalue weighted by Gasteiger charge is 2.18. The van der Waals surface area contributed by atoms with E-state index >= 15 is 0 Å². The Bertz CT molecular complexity index is 542. The Kier molecular flexibility index (Phi) is 3.39. The first-order valence-corrected chi connectivity index (χ1v) is 5.93. The van der Waals surface area contributed by atoms with E-state index in [1.165, 1.54) is 18.2 Å². The second kappa shape index (κ2) is 4.69. The highest BCUT2D eigenvalue weighted by molar-refractivity contribution is 5.77. The van der Waals surface area contributed by atoms with Crippen LogP contribution in [0.4, 0.5) is 8.78 Å². The van der Waals surface area contributed by atoms with E-state index in [1.54, 1.807) is 6.07 Å². The van der Waals surface area contributed by atoms with Crippen LogP contribution in [0.3, 0.4) is 0 Å². The van der Waals surface area contributed by atoms with E-state index in [0.717, 1.165) is 0 Å². The molecule has 0 spiro atoms. The number of furan rings is 1. The minimum atomic E-state index is -1.24. The molecular formula is C14H17F2NO. The summed E-state index contributed by atoms with van der Waals surface area (Å²) in [6.45, 7) is 6.07. The predicted octanol–water partition coefficient (Wildman–Crippen LogP) is 3.97. The highest BCUT2D eigenvalue weighted by atomic mass is 19.1. The first-order valence-electron chi connectivity index (χ1n) is 5.93. The number of hydrogen-bond acceptors (Lipinski definition) is 2. The first-order chi connectivity index (χ1) is 8.35. The van der Waals surface area contributed by atoms with Crippen molar-refractivity contribution in [3.05, 3.63) is 35.8 Å². The van der Waals surface area contributed by atoms with Gasteiger partial charge in [-0.1, -0.05) is 0 Å². The van der Waals surface area contributed by atoms with Crippen molar-refractivity contribution in [2.75, 3.05) is 6.54 Å². The Balaban J connectivity index is 2.15. The van der Waals surface area contributed by atoms with E-state index in [1.807, 2.05) is 20.8 Å². The Labute approximate surface area is 105 Å². The molecule has 2 rings (SSSR count). The lowest BCUT2D eigenvalue weighted by atomic mass is 10.1. The fourth-order valence-corrected chi connectivity index (χ4v) is 1.69. The van der Waals surface area contributed by atoms with E-state index < -0.39 is 6.17 Å². The highest BCUT2D eigenvalue weighted by Crippen LogP contribution is 2.26. The number of nitrogens with one attached hydrogen (secondary N) is 1. The zero-order valence-corrected chi connectivity index (χ0v) is 10.8. The molecule has 0 radical (unpaired) electrons. The fourth-order valence-electron chi connectivity index (χ4n) is 1.69. The predicted molar refractivity (Wildman–Crippen MR) is 67.8 cm³/mol. The summed E-state index contributed by atoms with van der Waals surface area (Å²) in [7, 11) is 0. The summed E-state index contributed by atoms with van der Waals surface area (Å²) < 4.78 is 32.3. The zero-order valence-electron chi connectivity index (χ0n) is 10.8. The van der Waals surface area contributed by atoms with Crippen LogP contribution in [0.15, 0.2) is 28.7 Å². The van der Waals surface area contributed by atoms with E-state index in [4.69, 9.17) is 4.42 Å². The van der Waals surface area contributed by atoms with Gasteiger partial charge in [-0.2, -0.15) is 0 Å². The zero-order chi connectivity index (χ0) is 13.3. The third-order valence-electron chi connectivity index (χ3n) is 2.62. The van der Waals surface area contributed by atoms with Gasteiger partial charge in [-0.3, -0.25) is 0 Å². The minimum absolute atomic E-state index is 0.150. The van der Waals surface area contributed by atoms with Crippen molar-refractivity contribution in [2.45, 2.75) is 32.5 Å². The lowest BCUT2D eigenvalue weighted by Gasteiger charge is -2.21. The molecule has 2 aromatic rings. The van der Waals surface area contributed by atoms with E-state index in [-0.39, 0.29) is 23.7 Å². The standard InChI is InChI=1S/C14H17F2NO/c1-14(2,3)17-8-11(16)13-7-9-6-10(15)4-5-12(9)18-13/h4-7,11,17H,8H2,1-3H3. The van der Waals surface area contributed by atoms with Gasteiger partial charge < -0.3 is 9.73 Å². The van der Waals surface area contributed by atoms with Gasteiger partial charge >= 0.3 is 0 Å². The SMILES string of the molecule is CC(C)(C)NCC(F)c1cc2cc(F)ccc2o1. The van der Waals surface area contributed by atoms with Crippen LogP contribution in [0.25, 0.3) is 11.0 Å². The van der Waals surface area contributed by atoms with E-state index in [0.29, 0.717) is 11.0 Å². The Hall–Kier alpha value is -1.42. The van der Waals surface area contributed by atoms with Crippen molar-refractivity contribution in [3.8, 4) is 0 Å². The van der Waals surface area contributed by atoms with Crippen LogP contribution in [0, 0.1) is 5.82 Å². The molecule has 0 aliphatic heterocycles. The molecule has 0 aliphatic rings. The number of alkyl halides is 1. The molecule has 2 nitrogen and oxygen atoms in total. The van der Waals surface area contributed by atoms with Gasteiger partial charge in [0, 0.05) is 17.5 Å². The molecule has 98 valence electrons. The molecule has 1 aromatic carbocycles. The van der Waals surface area contributed by atoms with E-state index in [9.17, 15) is 8.78 Å². The van der Waals surface area contributed by atoms with Crippen molar-refractivity contribution in [3.63, 3.8) is 0 Å². The third-order valence-corrected chi connectivity index (χ3v) is 2.62. The van der Waals surface area contributed by atoms with Gasteiger partial charge in [0.25, 0.3) is 0 Å². The van der Waals surface area contributed by atoms with Crippen LogP contribution in [-0.2, 0) is 0 Å². The Morgan fingerprint density at radius 3 is 2.67 bits per heavy atom. The molecule has 1 heterocycles. The lowest BCUT2D eigenvalue weighted by Crippen LogP contribution is -2.37. The molecule has 0 bridgehead atoms. The van der Waals surface area contributed by atoms with Gasteiger partial charge in [0.2, 0.25) is 0 Å². The van der Waals surface area contributed by atoms with Gasteiger partial charge in [0.05, 0.1) is 0 Å². The van der Waals surface area contributed by atoms with Crippen molar-refractivity contribution in [1.29, 1.82) is 0 Å². The topological polar surface area (TPSA) is 25.2 Å². The maximum atomic E-state index is 14.0. The normalized spacial score (nSPS) is 14.1. The smallest absolute Gasteiger partial charge is 0.170 e. The summed E-state index contributed by atoms with van der Waals surface area (Å²) in [5.41, 5.74) is 0.354. The first kappa shape index (κ1) is 13.0. The van der Waals surface area contributed by atoms with Crippen LogP contribution in [0.5, 0.6) is 0 Å². The maximum Gasteiger partial charge on any atom is 0.170 e. The molecule has 1 N–H and O–H groups in total. The molecule has 4 heteroatoms. The second-order valence-electron chi connectivity index (χ2n) is 5.43. The molecule has 0 saturated carbocycles.